The summed E-state index contributed by atoms with van der Waals surface area (Å²) in [7, 11) is 4.06. The van der Waals surface area contributed by atoms with Crippen molar-refractivity contribution in [2.75, 3.05) is 26.0 Å². The summed E-state index contributed by atoms with van der Waals surface area (Å²) in [5, 5.41) is 14.0. The van der Waals surface area contributed by atoms with Gasteiger partial charge in [-0.05, 0) is 55.7 Å². The minimum atomic E-state index is -0.253. The monoisotopic (exact) mass is 434 g/mol. The highest BCUT2D eigenvalue weighted by Gasteiger charge is 2.13. The number of anilines is 1. The van der Waals surface area contributed by atoms with Crippen LogP contribution in [0.2, 0.25) is 0 Å². The SMILES string of the molecule is CN(C)C(CNc1nc(=O)cc(Cc2cc3ccccc3s2)[nH]1)Cc1ccc(O)cc1. The van der Waals surface area contributed by atoms with Crippen LogP contribution in [0.25, 0.3) is 10.1 Å². The van der Waals surface area contributed by atoms with Gasteiger partial charge in [-0.3, -0.25) is 4.79 Å². The van der Waals surface area contributed by atoms with Crippen LogP contribution in [0.5, 0.6) is 5.75 Å². The number of hydrogen-bond acceptors (Lipinski definition) is 6. The van der Waals surface area contributed by atoms with Gasteiger partial charge in [0.2, 0.25) is 5.95 Å². The van der Waals surface area contributed by atoms with Crippen LogP contribution < -0.4 is 10.9 Å². The Hall–Kier alpha value is -3.16. The van der Waals surface area contributed by atoms with E-state index in [9.17, 15) is 9.90 Å². The number of phenols is 1. The summed E-state index contributed by atoms with van der Waals surface area (Å²) in [4.78, 5) is 22.9. The number of thiophene rings is 1. The molecule has 0 aliphatic rings. The fourth-order valence-electron chi connectivity index (χ4n) is 3.55. The van der Waals surface area contributed by atoms with Crippen LogP contribution in [0.3, 0.4) is 0 Å². The van der Waals surface area contributed by atoms with Crippen LogP contribution in [0.4, 0.5) is 5.95 Å². The molecule has 31 heavy (non-hydrogen) atoms. The first-order valence-corrected chi connectivity index (χ1v) is 11.0. The van der Waals surface area contributed by atoms with Gasteiger partial charge in [0.1, 0.15) is 5.75 Å². The van der Waals surface area contributed by atoms with Crippen molar-refractivity contribution in [3.63, 3.8) is 0 Å². The lowest BCUT2D eigenvalue weighted by molar-refractivity contribution is 0.303. The third kappa shape index (κ3) is 5.51. The number of phenolic OH excluding ortho intramolecular Hbond substituents is 1. The molecule has 3 N–H and O–H groups in total. The number of hydrogen-bond donors (Lipinski definition) is 3. The summed E-state index contributed by atoms with van der Waals surface area (Å²) >= 11 is 1.74. The van der Waals surface area contributed by atoms with E-state index in [4.69, 9.17) is 0 Å². The average molecular weight is 435 g/mol. The number of aromatic amines is 1. The molecule has 6 nitrogen and oxygen atoms in total. The fraction of sp³-hybridized carbons (Fsp3) is 0.250. The van der Waals surface area contributed by atoms with Gasteiger partial charge in [-0.1, -0.05) is 30.3 Å². The van der Waals surface area contributed by atoms with Crippen molar-refractivity contribution in [1.29, 1.82) is 0 Å². The highest BCUT2D eigenvalue weighted by atomic mass is 32.1. The Balaban J connectivity index is 1.45. The van der Waals surface area contributed by atoms with Gasteiger partial charge >= 0.3 is 0 Å². The van der Waals surface area contributed by atoms with E-state index in [2.05, 4.69) is 38.4 Å². The van der Waals surface area contributed by atoms with Gasteiger partial charge in [0.05, 0.1) is 0 Å². The number of nitrogens with one attached hydrogen (secondary N) is 2. The molecule has 0 fully saturated rings. The Kier molecular flexibility index (Phi) is 6.34. The first-order valence-electron chi connectivity index (χ1n) is 10.2. The largest absolute Gasteiger partial charge is 0.508 e. The number of aromatic hydroxyl groups is 1. The number of H-pyrrole nitrogens is 1. The molecule has 0 spiro atoms. The van der Waals surface area contributed by atoms with Crippen molar-refractivity contribution >= 4 is 27.4 Å². The molecule has 0 saturated carbocycles. The molecular weight excluding hydrogens is 408 g/mol. The summed E-state index contributed by atoms with van der Waals surface area (Å²) in [5.74, 6) is 0.752. The molecule has 0 bridgehead atoms. The maximum Gasteiger partial charge on any atom is 0.274 e. The van der Waals surface area contributed by atoms with E-state index in [0.717, 1.165) is 17.7 Å². The molecule has 1 unspecified atom stereocenters. The Morgan fingerprint density at radius 2 is 1.90 bits per heavy atom. The van der Waals surface area contributed by atoms with E-state index in [-0.39, 0.29) is 17.4 Å². The van der Waals surface area contributed by atoms with E-state index in [0.29, 0.717) is 18.9 Å². The van der Waals surface area contributed by atoms with Crippen molar-refractivity contribution in [2.45, 2.75) is 18.9 Å². The van der Waals surface area contributed by atoms with Gasteiger partial charge in [0.15, 0.2) is 0 Å². The highest BCUT2D eigenvalue weighted by molar-refractivity contribution is 7.19. The third-order valence-corrected chi connectivity index (χ3v) is 6.40. The van der Waals surface area contributed by atoms with Gasteiger partial charge in [-0.2, -0.15) is 4.98 Å². The maximum absolute atomic E-state index is 12.2. The van der Waals surface area contributed by atoms with Crippen LogP contribution in [0, 0.1) is 0 Å². The van der Waals surface area contributed by atoms with E-state index in [1.165, 1.54) is 15.0 Å². The maximum atomic E-state index is 12.2. The van der Waals surface area contributed by atoms with Crippen molar-refractivity contribution in [2.24, 2.45) is 0 Å². The minimum absolute atomic E-state index is 0.195. The Labute approximate surface area is 185 Å². The number of nitrogens with zero attached hydrogens (tertiary/aromatic N) is 2. The molecule has 2 aromatic heterocycles. The summed E-state index contributed by atoms with van der Waals surface area (Å²) in [6.07, 6.45) is 1.47. The Bertz CT molecular complexity index is 1180. The van der Waals surface area contributed by atoms with Gasteiger partial charge in [0.25, 0.3) is 5.56 Å². The van der Waals surface area contributed by atoms with Crippen LogP contribution in [0.15, 0.2) is 65.5 Å². The molecule has 2 aromatic carbocycles. The number of rotatable bonds is 8. The standard InChI is InChI=1S/C24H26N4O2S/c1-28(2)19(11-16-7-9-20(29)10-8-16)15-25-24-26-18(14-23(30)27-24)13-21-12-17-5-3-4-6-22(17)31-21/h3-10,12,14,19,29H,11,13,15H2,1-2H3,(H2,25,26,27,30). The van der Waals surface area contributed by atoms with E-state index in [1.54, 1.807) is 29.5 Å². The summed E-state index contributed by atoms with van der Waals surface area (Å²) < 4.78 is 1.25. The first-order chi connectivity index (χ1) is 15.0. The second-order valence-corrected chi connectivity index (χ2v) is 9.06. The van der Waals surface area contributed by atoms with Crippen LogP contribution >= 0.6 is 11.3 Å². The second-order valence-electron chi connectivity index (χ2n) is 7.89. The van der Waals surface area contributed by atoms with E-state index >= 15 is 0 Å². The molecule has 4 aromatic rings. The number of fused-ring (bicyclic) bond motifs is 1. The van der Waals surface area contributed by atoms with Gasteiger partial charge < -0.3 is 20.3 Å². The predicted octanol–water partition coefficient (Wildman–Crippen LogP) is 3.87. The first kappa shape index (κ1) is 21.1. The molecule has 160 valence electrons. The average Bonchev–Trinajstić information content (AvgIpc) is 3.14. The van der Waals surface area contributed by atoms with Crippen LogP contribution in [0.1, 0.15) is 16.1 Å². The smallest absolute Gasteiger partial charge is 0.274 e. The van der Waals surface area contributed by atoms with Crippen molar-refractivity contribution in [3.05, 3.63) is 87.2 Å². The topological polar surface area (TPSA) is 81.2 Å². The normalized spacial score (nSPS) is 12.4. The molecule has 7 heteroatoms. The zero-order chi connectivity index (χ0) is 21.8. The summed E-state index contributed by atoms with van der Waals surface area (Å²) in [5.41, 5.74) is 1.73. The minimum Gasteiger partial charge on any atom is -0.508 e. The molecule has 0 aliphatic heterocycles. The van der Waals surface area contributed by atoms with Gasteiger partial charge in [-0.25, -0.2) is 0 Å². The third-order valence-electron chi connectivity index (χ3n) is 5.28. The van der Waals surface area contributed by atoms with E-state index < -0.39 is 0 Å². The zero-order valence-corrected chi connectivity index (χ0v) is 18.4. The molecular formula is C24H26N4O2S. The Morgan fingerprint density at radius 1 is 1.13 bits per heavy atom. The lowest BCUT2D eigenvalue weighted by atomic mass is 10.1. The van der Waals surface area contributed by atoms with Gasteiger partial charge in [-0.15, -0.1) is 11.3 Å². The summed E-state index contributed by atoms with van der Waals surface area (Å²) in [6, 6.07) is 19.5. The fourth-order valence-corrected chi connectivity index (χ4v) is 4.64. The number of likely N-dealkylation sites (N-methyl/N-ethyl adjacent to an activating group) is 1. The number of aromatic nitrogens is 2. The lowest BCUT2D eigenvalue weighted by Crippen LogP contribution is -2.37. The van der Waals surface area contributed by atoms with Gasteiger partial charge in [0, 0.05) is 40.3 Å². The molecule has 4 rings (SSSR count). The molecule has 1 atom stereocenters. The van der Waals surface area contributed by atoms with Crippen molar-refractivity contribution in [1.82, 2.24) is 14.9 Å². The Morgan fingerprint density at radius 3 is 2.65 bits per heavy atom. The highest BCUT2D eigenvalue weighted by Crippen LogP contribution is 2.26. The predicted molar refractivity (Wildman–Crippen MR) is 127 cm³/mol. The van der Waals surface area contributed by atoms with Crippen molar-refractivity contribution in [3.8, 4) is 5.75 Å². The molecule has 0 amide bonds. The lowest BCUT2D eigenvalue weighted by Gasteiger charge is -2.25. The summed E-state index contributed by atoms with van der Waals surface area (Å²) in [6.45, 7) is 0.628. The van der Waals surface area contributed by atoms with Crippen LogP contribution in [-0.2, 0) is 12.8 Å². The van der Waals surface area contributed by atoms with E-state index in [1.807, 2.05) is 38.4 Å². The second kappa shape index (κ2) is 9.32. The molecule has 2 heterocycles. The molecule has 0 saturated heterocycles. The molecule has 0 radical (unpaired) electrons. The van der Waals surface area contributed by atoms with Crippen molar-refractivity contribution < 1.29 is 5.11 Å². The molecule has 0 aliphatic carbocycles. The zero-order valence-electron chi connectivity index (χ0n) is 17.6. The number of benzene rings is 2. The quantitative estimate of drug-likeness (QED) is 0.392. The van der Waals surface area contributed by atoms with Crippen LogP contribution in [-0.4, -0.2) is 46.7 Å².